The molecule has 31 heavy (non-hydrogen) atoms. The van der Waals surface area contributed by atoms with Gasteiger partial charge in [-0.3, -0.25) is 9.59 Å². The molecule has 0 aromatic heterocycles. The molecule has 2 fully saturated rings. The molecular weight excluding hydrogens is 404 g/mol. The van der Waals surface area contributed by atoms with Gasteiger partial charge >= 0.3 is 0 Å². The Hall–Kier alpha value is -1.26. The van der Waals surface area contributed by atoms with Crippen molar-refractivity contribution in [3.8, 4) is 0 Å². The van der Waals surface area contributed by atoms with Gasteiger partial charge in [-0.15, -0.1) is 0 Å². The molecule has 5 N–H and O–H groups in total. The molecule has 2 saturated heterocycles. The quantitative estimate of drug-likeness (QED) is 0.293. The summed E-state index contributed by atoms with van der Waals surface area (Å²) >= 11 is 0. The van der Waals surface area contributed by atoms with Crippen molar-refractivity contribution in [2.45, 2.75) is 114 Å². The number of unbranched alkanes of at least 4 members (excludes halogenated alkanes) is 3. The fourth-order valence-electron chi connectivity index (χ4n) is 5.19. The van der Waals surface area contributed by atoms with Crippen molar-refractivity contribution in [2.75, 3.05) is 13.2 Å². The van der Waals surface area contributed by atoms with Gasteiger partial charge in [0.15, 0.2) is 0 Å². The van der Waals surface area contributed by atoms with Gasteiger partial charge in [-0.25, -0.2) is 0 Å². The summed E-state index contributed by atoms with van der Waals surface area (Å²) in [4.78, 5) is 26.7. The van der Waals surface area contributed by atoms with Crippen LogP contribution in [0.15, 0.2) is 0 Å². The maximum atomic E-state index is 11.9. The molecule has 0 aliphatic carbocycles. The molecule has 2 aliphatic heterocycles. The van der Waals surface area contributed by atoms with Crippen molar-refractivity contribution >= 4 is 11.8 Å². The lowest BCUT2D eigenvalue weighted by Crippen LogP contribution is -2.52. The SMILES string of the molecule is CC(=O)N1CCCC[C@@H]1[C@@H](O)[C@H](O)CCCCCC[C@H]1[C@H](O)[C@@H](O)[C@H](CO)N1C(C)=O. The minimum absolute atomic E-state index is 0.0711. The van der Waals surface area contributed by atoms with E-state index in [0.717, 1.165) is 38.5 Å². The lowest BCUT2D eigenvalue weighted by molar-refractivity contribution is -0.138. The Kier molecular flexibility index (Phi) is 10.2. The highest BCUT2D eigenvalue weighted by atomic mass is 16.3. The van der Waals surface area contributed by atoms with Gasteiger partial charge in [0.1, 0.15) is 18.3 Å². The first-order chi connectivity index (χ1) is 14.7. The monoisotopic (exact) mass is 444 g/mol. The van der Waals surface area contributed by atoms with Crippen LogP contribution in [0.2, 0.25) is 0 Å². The van der Waals surface area contributed by atoms with E-state index >= 15 is 0 Å². The molecule has 0 aromatic carbocycles. The number of aliphatic hydroxyl groups excluding tert-OH is 5. The summed E-state index contributed by atoms with van der Waals surface area (Å²) < 4.78 is 0. The van der Waals surface area contributed by atoms with Crippen LogP contribution in [-0.2, 0) is 9.59 Å². The van der Waals surface area contributed by atoms with E-state index in [1.807, 2.05) is 0 Å². The largest absolute Gasteiger partial charge is 0.394 e. The molecule has 2 aliphatic rings. The molecule has 2 amide bonds. The summed E-state index contributed by atoms with van der Waals surface area (Å²) in [7, 11) is 0. The summed E-state index contributed by atoms with van der Waals surface area (Å²) in [5, 5.41) is 50.7. The predicted octanol–water partition coefficient (Wildman–Crippen LogP) is -0.237. The molecule has 0 radical (unpaired) electrons. The predicted molar refractivity (Wildman–Crippen MR) is 114 cm³/mol. The fraction of sp³-hybridized carbons (Fsp3) is 0.909. The van der Waals surface area contributed by atoms with Crippen LogP contribution in [0.3, 0.4) is 0 Å². The molecule has 180 valence electrons. The zero-order valence-corrected chi connectivity index (χ0v) is 18.8. The van der Waals surface area contributed by atoms with Crippen LogP contribution >= 0.6 is 0 Å². The van der Waals surface area contributed by atoms with E-state index < -0.39 is 43.1 Å². The summed E-state index contributed by atoms with van der Waals surface area (Å²) in [6, 6.07) is -1.61. The first kappa shape index (κ1) is 26.0. The topological polar surface area (TPSA) is 142 Å². The van der Waals surface area contributed by atoms with Crippen LogP contribution in [0.5, 0.6) is 0 Å². The Bertz CT molecular complexity index is 590. The van der Waals surface area contributed by atoms with Crippen LogP contribution in [0.25, 0.3) is 0 Å². The van der Waals surface area contributed by atoms with Crippen LogP contribution < -0.4 is 0 Å². The van der Waals surface area contributed by atoms with Crippen LogP contribution in [-0.4, -0.2) is 103 Å². The number of piperidine rings is 1. The van der Waals surface area contributed by atoms with Gasteiger partial charge in [-0.1, -0.05) is 25.7 Å². The molecule has 9 nitrogen and oxygen atoms in total. The van der Waals surface area contributed by atoms with E-state index in [1.54, 1.807) is 4.90 Å². The molecular formula is C22H40N2O7. The third kappa shape index (κ3) is 6.38. The second-order valence-corrected chi connectivity index (χ2v) is 9.05. The highest BCUT2D eigenvalue weighted by Gasteiger charge is 2.48. The highest BCUT2D eigenvalue weighted by Crippen LogP contribution is 2.29. The van der Waals surface area contributed by atoms with Crippen molar-refractivity contribution in [3.63, 3.8) is 0 Å². The first-order valence-electron chi connectivity index (χ1n) is 11.6. The number of hydrogen-bond donors (Lipinski definition) is 5. The Morgan fingerprint density at radius 1 is 0.935 bits per heavy atom. The molecule has 7 atom stereocenters. The summed E-state index contributed by atoms with van der Waals surface area (Å²) in [5.74, 6) is -0.350. The van der Waals surface area contributed by atoms with E-state index in [0.29, 0.717) is 25.8 Å². The van der Waals surface area contributed by atoms with E-state index in [4.69, 9.17) is 0 Å². The highest BCUT2D eigenvalue weighted by molar-refractivity contribution is 5.75. The lowest BCUT2D eigenvalue weighted by atomic mass is 9.92. The van der Waals surface area contributed by atoms with Crippen LogP contribution in [0.4, 0.5) is 0 Å². The standard InChI is InChI=1S/C22H40N2O7/c1-14(26)23-12-8-7-9-16(23)20(29)19(28)11-6-4-3-5-10-17-21(30)22(31)18(13-25)24(17)15(2)27/h16-22,25,28-31H,3-13H2,1-2H3/t16-,17+,18+,19-,20-,21+,22+/m1/s1. The van der Waals surface area contributed by atoms with Gasteiger partial charge in [-0.05, 0) is 32.1 Å². The van der Waals surface area contributed by atoms with E-state index in [2.05, 4.69) is 0 Å². The Labute approximate surface area is 184 Å². The summed E-state index contributed by atoms with van der Waals surface area (Å²) in [5.41, 5.74) is 0. The molecule has 0 saturated carbocycles. The number of nitrogens with zero attached hydrogens (tertiary/aromatic N) is 2. The molecule has 0 unspecified atom stereocenters. The molecule has 2 heterocycles. The van der Waals surface area contributed by atoms with Crippen molar-refractivity contribution < 1.29 is 35.1 Å². The Morgan fingerprint density at radius 2 is 1.58 bits per heavy atom. The van der Waals surface area contributed by atoms with Crippen LogP contribution in [0, 0.1) is 0 Å². The Morgan fingerprint density at radius 3 is 2.19 bits per heavy atom. The molecule has 0 spiro atoms. The van der Waals surface area contributed by atoms with Crippen LogP contribution in [0.1, 0.15) is 71.6 Å². The van der Waals surface area contributed by atoms with Gasteiger partial charge in [0, 0.05) is 20.4 Å². The van der Waals surface area contributed by atoms with Gasteiger partial charge < -0.3 is 35.3 Å². The van der Waals surface area contributed by atoms with Gasteiger partial charge in [0.25, 0.3) is 0 Å². The minimum Gasteiger partial charge on any atom is -0.394 e. The van der Waals surface area contributed by atoms with Crippen molar-refractivity contribution in [2.24, 2.45) is 0 Å². The maximum absolute atomic E-state index is 11.9. The normalized spacial score (nSPS) is 31.0. The minimum atomic E-state index is -1.15. The van der Waals surface area contributed by atoms with E-state index in [9.17, 15) is 35.1 Å². The van der Waals surface area contributed by atoms with Gasteiger partial charge in [0.05, 0.1) is 30.8 Å². The van der Waals surface area contributed by atoms with E-state index in [1.165, 1.54) is 18.7 Å². The summed E-state index contributed by atoms with van der Waals surface area (Å²) in [6.07, 6.45) is 2.58. The Balaban J connectivity index is 1.71. The number of hydrogen-bond acceptors (Lipinski definition) is 7. The molecule has 0 bridgehead atoms. The first-order valence-corrected chi connectivity index (χ1v) is 11.6. The van der Waals surface area contributed by atoms with E-state index in [-0.39, 0.29) is 17.9 Å². The van der Waals surface area contributed by atoms with Gasteiger partial charge in [-0.2, -0.15) is 0 Å². The third-order valence-electron chi connectivity index (χ3n) is 6.90. The number of likely N-dealkylation sites (tertiary alicyclic amines) is 2. The van der Waals surface area contributed by atoms with Crippen molar-refractivity contribution in [3.05, 3.63) is 0 Å². The second-order valence-electron chi connectivity index (χ2n) is 9.05. The zero-order chi connectivity index (χ0) is 23.1. The number of aliphatic hydroxyl groups is 5. The lowest BCUT2D eigenvalue weighted by Gasteiger charge is -2.39. The smallest absolute Gasteiger partial charge is 0.220 e. The third-order valence-corrected chi connectivity index (χ3v) is 6.90. The van der Waals surface area contributed by atoms with Crippen molar-refractivity contribution in [1.82, 2.24) is 9.80 Å². The fourth-order valence-corrected chi connectivity index (χ4v) is 5.19. The molecule has 9 heteroatoms. The summed E-state index contributed by atoms with van der Waals surface area (Å²) in [6.45, 7) is 3.09. The average Bonchev–Trinajstić information content (AvgIpc) is 2.99. The number of carbonyl (C=O) groups is 2. The maximum Gasteiger partial charge on any atom is 0.220 e. The number of amides is 2. The zero-order valence-electron chi connectivity index (χ0n) is 18.8. The second kappa shape index (κ2) is 12.1. The number of carbonyl (C=O) groups excluding carboxylic acids is 2. The molecule has 0 aromatic rings. The van der Waals surface area contributed by atoms with Crippen molar-refractivity contribution in [1.29, 1.82) is 0 Å². The number of rotatable bonds is 10. The average molecular weight is 445 g/mol. The molecule has 2 rings (SSSR count). The van der Waals surface area contributed by atoms with Gasteiger partial charge in [0.2, 0.25) is 11.8 Å².